The first kappa shape index (κ1) is 37.9. The highest BCUT2D eigenvalue weighted by Crippen LogP contribution is 2.49. The van der Waals surface area contributed by atoms with E-state index < -0.39 is 11.6 Å². The van der Waals surface area contributed by atoms with Crippen molar-refractivity contribution >= 4 is 38.4 Å². The Hall–Kier alpha value is -4.61. The average molecular weight is 779 g/mol. The first-order valence-electron chi connectivity index (χ1n) is 20.2. The Morgan fingerprint density at radius 2 is 1.77 bits per heavy atom. The summed E-state index contributed by atoms with van der Waals surface area (Å²) in [5, 5.41) is 17.8. The van der Waals surface area contributed by atoms with Crippen LogP contribution in [0.2, 0.25) is 0 Å². The largest absolute Gasteiger partial charge is 0.508 e. The maximum Gasteiger partial charge on any atom is 0.319 e. The molecule has 1 saturated carbocycles. The Labute approximate surface area is 332 Å². The van der Waals surface area contributed by atoms with Crippen molar-refractivity contribution in [3.05, 3.63) is 47.7 Å². The molecule has 5 aromatic rings. The Bertz CT molecular complexity index is 2410. The molecular weight excluding hydrogens is 727 g/mol. The number of ether oxygens (including phenoxy) is 2. The number of halogens is 2. The lowest BCUT2D eigenvalue weighted by atomic mass is 9.91. The van der Waals surface area contributed by atoms with Gasteiger partial charge in [-0.15, -0.1) is 6.42 Å². The highest BCUT2D eigenvalue weighted by atomic mass is 19.1. The Morgan fingerprint density at radius 3 is 2.47 bits per heavy atom. The number of aromatic hydroxyl groups is 1. The van der Waals surface area contributed by atoms with Crippen LogP contribution in [-0.2, 0) is 11.8 Å². The van der Waals surface area contributed by atoms with Crippen LogP contribution in [0.15, 0.2) is 30.5 Å². The van der Waals surface area contributed by atoms with E-state index in [1.807, 2.05) is 6.20 Å². The molecule has 1 N–H and O–H groups in total. The van der Waals surface area contributed by atoms with Crippen LogP contribution in [0.5, 0.6) is 11.8 Å². The van der Waals surface area contributed by atoms with Gasteiger partial charge in [0, 0.05) is 112 Å². The molecule has 4 aliphatic rings. The summed E-state index contributed by atoms with van der Waals surface area (Å²) in [5.74, 6) is 1.74. The summed E-state index contributed by atoms with van der Waals surface area (Å²) in [4.78, 5) is 19.9. The molecule has 300 valence electrons. The quantitative estimate of drug-likeness (QED) is 0.124. The lowest BCUT2D eigenvalue weighted by Gasteiger charge is -2.46. The fourth-order valence-corrected chi connectivity index (χ4v) is 9.82. The number of likely N-dealkylation sites (N-methyl/N-ethyl adjacent to an activating group) is 1. The standard InChI is InChI=1S/C44H52F2N8O3/c1-7-31-34(45)12-9-27-19-30(55)20-32(35(27)31)36-38(46)40-37(33-23-51(5)49-39(33)36)41(54-28-10-11-29(54)22-52(21-28)15-8-18-56-6)48-42(47-40)57-26-44(13-14-44)25-53-17-16-50(4)43(2,3)24-53/h1,9,12,19-20,23,28-29,55H,8,10-11,13-18,21-22,24-26H2,2-6H3/t28-,29+. The van der Waals surface area contributed by atoms with Crippen LogP contribution in [-0.4, -0.2) is 130 Å². The molecule has 2 aromatic heterocycles. The van der Waals surface area contributed by atoms with E-state index in [-0.39, 0.29) is 57.0 Å². The topological polar surface area (TPSA) is 95.3 Å². The number of terminal acetylenes is 1. The number of methoxy groups -OCH3 is 1. The summed E-state index contributed by atoms with van der Waals surface area (Å²) in [6.07, 6.45) is 12.8. The number of hydrogen-bond donors (Lipinski definition) is 1. The van der Waals surface area contributed by atoms with Crippen LogP contribution in [0.1, 0.15) is 51.5 Å². The van der Waals surface area contributed by atoms with E-state index >= 15 is 8.78 Å². The number of piperazine rings is 2. The highest BCUT2D eigenvalue weighted by Gasteiger charge is 2.47. The van der Waals surface area contributed by atoms with E-state index in [9.17, 15) is 5.11 Å². The Morgan fingerprint density at radius 1 is 1.00 bits per heavy atom. The minimum Gasteiger partial charge on any atom is -0.508 e. The summed E-state index contributed by atoms with van der Waals surface area (Å²) in [7, 11) is 5.71. The minimum absolute atomic E-state index is 0.0168. The zero-order chi connectivity index (χ0) is 39.8. The third-order valence-corrected chi connectivity index (χ3v) is 13.1. The van der Waals surface area contributed by atoms with Crippen molar-refractivity contribution in [2.45, 2.75) is 63.6 Å². The molecule has 2 atom stereocenters. The van der Waals surface area contributed by atoms with Crippen molar-refractivity contribution in [3.63, 3.8) is 0 Å². The predicted molar refractivity (Wildman–Crippen MR) is 219 cm³/mol. The second-order valence-electron chi connectivity index (χ2n) is 17.6. The van der Waals surface area contributed by atoms with E-state index in [2.05, 4.69) is 46.4 Å². The monoisotopic (exact) mass is 778 g/mol. The van der Waals surface area contributed by atoms with E-state index in [0.717, 1.165) is 77.9 Å². The molecule has 0 radical (unpaired) electrons. The maximum absolute atomic E-state index is 17.9. The minimum atomic E-state index is -0.657. The Kier molecular flexibility index (Phi) is 9.54. The molecule has 2 bridgehead atoms. The smallest absolute Gasteiger partial charge is 0.319 e. The first-order valence-corrected chi connectivity index (χ1v) is 20.2. The second-order valence-corrected chi connectivity index (χ2v) is 17.6. The fraction of sp³-hybridized carbons (Fsp3) is 0.523. The lowest BCUT2D eigenvalue weighted by Crippen LogP contribution is -2.58. The number of nitrogens with zero attached hydrogens (tertiary/aromatic N) is 8. The first-order chi connectivity index (χ1) is 27.4. The van der Waals surface area contributed by atoms with Crippen molar-refractivity contribution < 1.29 is 23.4 Å². The number of rotatable bonds is 11. The molecule has 57 heavy (non-hydrogen) atoms. The van der Waals surface area contributed by atoms with Crippen molar-refractivity contribution in [3.8, 4) is 35.2 Å². The predicted octanol–water partition coefficient (Wildman–Crippen LogP) is 6.18. The van der Waals surface area contributed by atoms with E-state index in [0.29, 0.717) is 46.1 Å². The number of likely N-dealkylation sites (tertiary alicyclic amines) is 1. The SMILES string of the molecule is C#Cc1c(F)ccc2cc(O)cc(-c3c(F)c4nc(OCC5(CN6CCN(C)C(C)(C)C6)CC5)nc(N5[C@@H]6CC[C@H]5CN(CCCOC)C6)c4c4cn(C)nc34)c12. The number of phenolic OH excluding ortho intramolecular Hbond substituents is 1. The van der Waals surface area contributed by atoms with Gasteiger partial charge in [-0.25, -0.2) is 8.78 Å². The van der Waals surface area contributed by atoms with Crippen molar-refractivity contribution in [2.24, 2.45) is 12.5 Å². The van der Waals surface area contributed by atoms with Crippen LogP contribution in [0.3, 0.4) is 0 Å². The maximum atomic E-state index is 17.9. The lowest BCUT2D eigenvalue weighted by molar-refractivity contribution is 0.0237. The fourth-order valence-electron chi connectivity index (χ4n) is 9.82. The van der Waals surface area contributed by atoms with Gasteiger partial charge in [0.1, 0.15) is 28.4 Å². The number of anilines is 1. The summed E-state index contributed by atoms with van der Waals surface area (Å²) < 4.78 is 46.8. The van der Waals surface area contributed by atoms with E-state index in [1.54, 1.807) is 18.8 Å². The summed E-state index contributed by atoms with van der Waals surface area (Å²) in [6, 6.07) is 6.20. The average Bonchev–Trinajstić information content (AvgIpc) is 3.75. The summed E-state index contributed by atoms with van der Waals surface area (Å²) in [5.41, 5.74) is 0.797. The number of fused-ring (bicyclic) bond motifs is 6. The van der Waals surface area contributed by atoms with Gasteiger partial charge in [-0.05, 0) is 82.1 Å². The molecule has 3 saturated heterocycles. The number of phenols is 1. The second kappa shape index (κ2) is 14.3. The normalized spacial score (nSPS) is 22.2. The highest BCUT2D eigenvalue weighted by molar-refractivity contribution is 6.18. The number of aryl methyl sites for hydroxylation is 1. The molecular formula is C44H52F2N8O3. The van der Waals surface area contributed by atoms with Crippen LogP contribution >= 0.6 is 0 Å². The van der Waals surface area contributed by atoms with E-state index in [1.165, 1.54) is 24.3 Å². The van der Waals surface area contributed by atoms with Gasteiger partial charge in [-0.3, -0.25) is 19.4 Å². The number of benzene rings is 3. The summed E-state index contributed by atoms with van der Waals surface area (Å²) >= 11 is 0. The number of hydrogen-bond acceptors (Lipinski definition) is 10. The van der Waals surface area contributed by atoms with Gasteiger partial charge < -0.3 is 19.5 Å². The van der Waals surface area contributed by atoms with E-state index in [4.69, 9.17) is 31.0 Å². The van der Waals surface area contributed by atoms with Gasteiger partial charge in [-0.2, -0.15) is 15.1 Å². The van der Waals surface area contributed by atoms with Crippen LogP contribution in [0.4, 0.5) is 14.6 Å². The van der Waals surface area contributed by atoms with Gasteiger partial charge in [0.15, 0.2) is 5.82 Å². The van der Waals surface area contributed by atoms with Crippen LogP contribution < -0.4 is 9.64 Å². The molecule has 3 aliphatic heterocycles. The van der Waals surface area contributed by atoms with Crippen molar-refractivity contribution in [1.82, 2.24) is 34.4 Å². The summed E-state index contributed by atoms with van der Waals surface area (Å²) in [6.45, 7) is 12.3. The molecule has 11 nitrogen and oxygen atoms in total. The van der Waals surface area contributed by atoms with Gasteiger partial charge in [0.05, 0.1) is 17.6 Å². The molecule has 9 rings (SSSR count). The molecule has 0 unspecified atom stereocenters. The van der Waals surface area contributed by atoms with Crippen molar-refractivity contribution in [1.29, 1.82) is 0 Å². The molecule has 4 fully saturated rings. The Balaban J connectivity index is 1.18. The zero-order valence-electron chi connectivity index (χ0n) is 33.6. The van der Waals surface area contributed by atoms with Gasteiger partial charge in [0.2, 0.25) is 0 Å². The zero-order valence-corrected chi connectivity index (χ0v) is 33.6. The molecule has 3 aromatic carbocycles. The number of aromatic nitrogens is 4. The van der Waals surface area contributed by atoms with Crippen LogP contribution in [0, 0.1) is 29.4 Å². The molecule has 13 heteroatoms. The molecule has 5 heterocycles. The van der Waals surface area contributed by atoms with Gasteiger partial charge in [0.25, 0.3) is 0 Å². The van der Waals surface area contributed by atoms with Gasteiger partial charge >= 0.3 is 6.01 Å². The third kappa shape index (κ3) is 6.74. The van der Waals surface area contributed by atoms with Gasteiger partial charge in [-0.1, -0.05) is 12.0 Å². The molecule has 0 amide bonds. The van der Waals surface area contributed by atoms with Crippen LogP contribution in [0.25, 0.3) is 43.7 Å². The van der Waals surface area contributed by atoms with Crippen molar-refractivity contribution in [2.75, 3.05) is 78.1 Å². The third-order valence-electron chi connectivity index (χ3n) is 13.1. The molecule has 0 spiro atoms. The molecule has 1 aliphatic carbocycles.